The van der Waals surface area contributed by atoms with Crippen LogP contribution in [0.1, 0.15) is 23.3 Å². The summed E-state index contributed by atoms with van der Waals surface area (Å²) in [5.74, 6) is -0.0596. The molecule has 3 aromatic rings. The topological polar surface area (TPSA) is 104 Å². The summed E-state index contributed by atoms with van der Waals surface area (Å²) < 4.78 is 0. The number of H-pyrrole nitrogens is 2. The third-order valence-electron chi connectivity index (χ3n) is 4.10. The molecule has 0 radical (unpaired) electrons. The molecule has 0 bridgehead atoms. The maximum absolute atomic E-state index is 12.5. The van der Waals surface area contributed by atoms with Gasteiger partial charge in [-0.15, -0.1) is 0 Å². The lowest BCUT2D eigenvalue weighted by molar-refractivity contribution is 0.0735. The molecule has 4 heterocycles. The van der Waals surface area contributed by atoms with Gasteiger partial charge in [-0.1, -0.05) is 0 Å². The van der Waals surface area contributed by atoms with Crippen molar-refractivity contribution in [3.05, 3.63) is 36.5 Å². The Hall–Kier alpha value is -2.67. The lowest BCUT2D eigenvalue weighted by atomic mass is 10.1. The van der Waals surface area contributed by atoms with Gasteiger partial charge in [0.15, 0.2) is 0 Å². The minimum absolute atomic E-state index is 0.0596. The van der Waals surface area contributed by atoms with Gasteiger partial charge < -0.3 is 20.6 Å². The van der Waals surface area contributed by atoms with E-state index >= 15 is 0 Å². The first kappa shape index (κ1) is 13.0. The molecule has 1 saturated heterocycles. The molecule has 1 aliphatic heterocycles. The highest BCUT2D eigenvalue weighted by Crippen LogP contribution is 2.26. The van der Waals surface area contributed by atoms with Crippen LogP contribution in [-0.2, 0) is 0 Å². The van der Waals surface area contributed by atoms with Crippen molar-refractivity contribution in [2.45, 2.75) is 19.0 Å². The minimum atomic E-state index is -0.185. The molecule has 0 saturated carbocycles. The molecule has 1 aliphatic rings. The van der Waals surface area contributed by atoms with Crippen molar-refractivity contribution in [1.82, 2.24) is 24.8 Å². The van der Waals surface area contributed by atoms with E-state index in [9.17, 15) is 4.79 Å². The van der Waals surface area contributed by atoms with Gasteiger partial charge in [0.2, 0.25) is 0 Å². The smallest absolute Gasteiger partial charge is 0.271 e. The van der Waals surface area contributed by atoms with Gasteiger partial charge in [-0.3, -0.25) is 4.79 Å². The fourth-order valence-corrected chi connectivity index (χ4v) is 2.96. The van der Waals surface area contributed by atoms with Crippen molar-refractivity contribution in [3.8, 4) is 11.3 Å². The number of hydrogen-bond acceptors (Lipinski definition) is 4. The molecule has 4 rings (SSSR count). The third-order valence-corrected chi connectivity index (χ3v) is 4.10. The fourth-order valence-electron chi connectivity index (χ4n) is 2.96. The average Bonchev–Trinajstić information content (AvgIpc) is 3.26. The Labute approximate surface area is 126 Å². The molecule has 3 aromatic heterocycles. The quantitative estimate of drug-likeness (QED) is 0.666. The summed E-state index contributed by atoms with van der Waals surface area (Å²) in [7, 11) is 0. The molecule has 1 unspecified atom stereocenters. The molecule has 7 nitrogen and oxygen atoms in total. The number of hydrogen-bond donors (Lipinski definition) is 3. The largest absolute Gasteiger partial charge is 0.357 e. The van der Waals surface area contributed by atoms with E-state index < -0.39 is 0 Å². The zero-order valence-corrected chi connectivity index (χ0v) is 11.9. The normalized spacial score (nSPS) is 18.2. The van der Waals surface area contributed by atoms with Crippen LogP contribution in [0.3, 0.4) is 0 Å². The molecular weight excluding hydrogens is 280 g/mol. The van der Waals surface area contributed by atoms with Gasteiger partial charge in [0.1, 0.15) is 17.7 Å². The Morgan fingerprint density at radius 2 is 2.27 bits per heavy atom. The van der Waals surface area contributed by atoms with E-state index in [-0.39, 0.29) is 12.1 Å². The van der Waals surface area contributed by atoms with Crippen LogP contribution in [-0.4, -0.2) is 43.5 Å². The molecule has 112 valence electrons. The fraction of sp³-hybridized carbons (Fsp3) is 0.267. The number of nitrogens with zero attached hydrogens (tertiary/aromatic N) is 3. The number of rotatable bonds is 2. The molecule has 1 fully saturated rings. The van der Waals surface area contributed by atoms with Gasteiger partial charge in [0.25, 0.3) is 5.91 Å². The van der Waals surface area contributed by atoms with Crippen LogP contribution in [0.15, 0.2) is 30.9 Å². The van der Waals surface area contributed by atoms with Gasteiger partial charge in [0, 0.05) is 29.9 Å². The SMILES string of the molecule is NC1CCCN1C(=O)c1cc(-c2ncnc3[nH]ccc23)c[nH]1. The zero-order valence-electron chi connectivity index (χ0n) is 11.9. The highest BCUT2D eigenvalue weighted by atomic mass is 16.2. The second-order valence-corrected chi connectivity index (χ2v) is 5.47. The average molecular weight is 296 g/mol. The molecule has 4 N–H and O–H groups in total. The highest BCUT2D eigenvalue weighted by Gasteiger charge is 2.27. The number of likely N-dealkylation sites (tertiary alicyclic amines) is 1. The number of aromatic amines is 2. The van der Waals surface area contributed by atoms with Gasteiger partial charge in [-0.05, 0) is 25.0 Å². The van der Waals surface area contributed by atoms with Crippen LogP contribution in [0.4, 0.5) is 0 Å². The van der Waals surface area contributed by atoms with Gasteiger partial charge >= 0.3 is 0 Å². The Morgan fingerprint density at radius 1 is 1.36 bits per heavy atom. The summed E-state index contributed by atoms with van der Waals surface area (Å²) >= 11 is 0. The predicted octanol–water partition coefficient (Wildman–Crippen LogP) is 1.47. The Morgan fingerprint density at radius 3 is 3.09 bits per heavy atom. The minimum Gasteiger partial charge on any atom is -0.357 e. The van der Waals surface area contributed by atoms with Crippen molar-refractivity contribution in [2.24, 2.45) is 5.73 Å². The number of nitrogens with two attached hydrogens (primary N) is 1. The molecular formula is C15H16N6O. The molecule has 7 heteroatoms. The predicted molar refractivity (Wildman–Crippen MR) is 81.9 cm³/mol. The van der Waals surface area contributed by atoms with E-state index in [0.29, 0.717) is 12.2 Å². The number of fused-ring (bicyclic) bond motifs is 1. The molecule has 0 spiro atoms. The van der Waals surface area contributed by atoms with Crippen LogP contribution < -0.4 is 5.73 Å². The molecule has 1 atom stereocenters. The molecule has 1 amide bonds. The van der Waals surface area contributed by atoms with E-state index in [2.05, 4.69) is 19.9 Å². The lowest BCUT2D eigenvalue weighted by Crippen LogP contribution is -2.41. The second-order valence-electron chi connectivity index (χ2n) is 5.47. The van der Waals surface area contributed by atoms with Crippen LogP contribution in [0.25, 0.3) is 22.3 Å². The van der Waals surface area contributed by atoms with Crippen molar-refractivity contribution >= 4 is 16.9 Å². The van der Waals surface area contributed by atoms with E-state index in [0.717, 1.165) is 35.1 Å². The number of carbonyl (C=O) groups is 1. The number of aromatic nitrogens is 4. The summed E-state index contributed by atoms with van der Waals surface area (Å²) in [4.78, 5) is 28.8. The standard InChI is InChI=1S/C15H16N6O/c16-12-2-1-5-21(12)15(22)11-6-9(7-18-11)13-10-3-4-17-14(10)20-8-19-13/h3-4,6-8,12,18H,1-2,5,16H2,(H,17,19,20). The van der Waals surface area contributed by atoms with Crippen LogP contribution in [0.2, 0.25) is 0 Å². The van der Waals surface area contributed by atoms with Crippen molar-refractivity contribution in [3.63, 3.8) is 0 Å². The van der Waals surface area contributed by atoms with E-state index in [1.807, 2.05) is 18.3 Å². The van der Waals surface area contributed by atoms with Crippen molar-refractivity contribution in [1.29, 1.82) is 0 Å². The first-order valence-electron chi connectivity index (χ1n) is 7.27. The molecule has 0 aromatic carbocycles. The Bertz CT molecular complexity index is 835. The number of amides is 1. The highest BCUT2D eigenvalue weighted by molar-refractivity contribution is 5.96. The van der Waals surface area contributed by atoms with Crippen LogP contribution in [0, 0.1) is 0 Å². The Balaban J connectivity index is 1.69. The second kappa shape index (κ2) is 4.96. The third kappa shape index (κ3) is 1.98. The van der Waals surface area contributed by atoms with Gasteiger partial charge in [-0.25, -0.2) is 9.97 Å². The maximum Gasteiger partial charge on any atom is 0.271 e. The van der Waals surface area contributed by atoms with Crippen LogP contribution >= 0.6 is 0 Å². The summed E-state index contributed by atoms with van der Waals surface area (Å²) in [6.07, 6.45) is 6.76. The van der Waals surface area contributed by atoms with E-state index in [1.54, 1.807) is 11.1 Å². The molecule has 0 aliphatic carbocycles. The van der Waals surface area contributed by atoms with Crippen LogP contribution in [0.5, 0.6) is 0 Å². The Kier molecular flexibility index (Phi) is 2.93. The zero-order chi connectivity index (χ0) is 15.1. The molecule has 22 heavy (non-hydrogen) atoms. The maximum atomic E-state index is 12.5. The lowest BCUT2D eigenvalue weighted by Gasteiger charge is -2.20. The van der Waals surface area contributed by atoms with Crippen molar-refractivity contribution < 1.29 is 4.79 Å². The van der Waals surface area contributed by atoms with Gasteiger partial charge in [-0.2, -0.15) is 0 Å². The summed E-state index contributed by atoms with van der Waals surface area (Å²) in [5, 5.41) is 0.929. The van der Waals surface area contributed by atoms with E-state index in [1.165, 1.54) is 6.33 Å². The summed E-state index contributed by atoms with van der Waals surface area (Å²) in [5.41, 5.74) is 8.94. The summed E-state index contributed by atoms with van der Waals surface area (Å²) in [6, 6.07) is 3.75. The first-order chi connectivity index (χ1) is 10.7. The number of nitrogens with one attached hydrogen (secondary N) is 2. The number of carbonyl (C=O) groups excluding carboxylic acids is 1. The summed E-state index contributed by atoms with van der Waals surface area (Å²) in [6.45, 7) is 0.712. The van der Waals surface area contributed by atoms with E-state index in [4.69, 9.17) is 5.73 Å². The van der Waals surface area contributed by atoms with Crippen molar-refractivity contribution in [2.75, 3.05) is 6.54 Å². The monoisotopic (exact) mass is 296 g/mol. The van der Waals surface area contributed by atoms with Gasteiger partial charge in [0.05, 0.1) is 11.9 Å². The first-order valence-corrected chi connectivity index (χ1v) is 7.27.